The first-order chi connectivity index (χ1) is 6.75. The van der Waals surface area contributed by atoms with E-state index in [9.17, 15) is 0 Å². The lowest BCUT2D eigenvalue weighted by Crippen LogP contribution is -2.16. The Labute approximate surface area is 83.4 Å². The summed E-state index contributed by atoms with van der Waals surface area (Å²) in [5, 5.41) is 12.2. The molecule has 0 radical (unpaired) electrons. The molecule has 0 aliphatic heterocycles. The van der Waals surface area contributed by atoms with Gasteiger partial charge in [0.15, 0.2) is 0 Å². The van der Waals surface area contributed by atoms with E-state index < -0.39 is 0 Å². The summed E-state index contributed by atoms with van der Waals surface area (Å²) in [4.78, 5) is 8.59. The van der Waals surface area contributed by atoms with Crippen LogP contribution < -0.4 is 5.32 Å². The van der Waals surface area contributed by atoms with E-state index in [1.165, 1.54) is 12.8 Å². The molecule has 4 heteroatoms. The second-order valence-corrected chi connectivity index (χ2v) is 3.80. The number of hydrogen-bond donors (Lipinski definition) is 2. The Morgan fingerprint density at radius 2 is 2.43 bits per heavy atom. The van der Waals surface area contributed by atoms with Gasteiger partial charge in [-0.1, -0.05) is 0 Å². The standard InChI is InChI=1S/C10H15N3O/c1-7(14)6-12-9-4-5-11-10(13-9)8-2-3-8/h4-5,7-8,14H,2-3,6H2,1H3,(H,11,12,13)/t7-/m1/s1. The van der Waals surface area contributed by atoms with Crippen molar-refractivity contribution in [2.45, 2.75) is 31.8 Å². The molecule has 14 heavy (non-hydrogen) atoms. The number of aliphatic hydroxyl groups is 1. The minimum absolute atomic E-state index is 0.352. The zero-order valence-electron chi connectivity index (χ0n) is 8.27. The maximum absolute atomic E-state index is 9.10. The van der Waals surface area contributed by atoms with Crippen LogP contribution in [0.1, 0.15) is 31.5 Å². The van der Waals surface area contributed by atoms with Crippen LogP contribution >= 0.6 is 0 Å². The lowest BCUT2D eigenvalue weighted by molar-refractivity contribution is 0.208. The first-order valence-corrected chi connectivity index (χ1v) is 5.00. The summed E-state index contributed by atoms with van der Waals surface area (Å²) in [7, 11) is 0. The highest BCUT2D eigenvalue weighted by atomic mass is 16.3. The van der Waals surface area contributed by atoms with Crippen LogP contribution in [0.15, 0.2) is 12.3 Å². The monoisotopic (exact) mass is 193 g/mol. The fourth-order valence-electron chi connectivity index (χ4n) is 1.26. The van der Waals surface area contributed by atoms with Crippen molar-refractivity contribution in [3.05, 3.63) is 18.1 Å². The molecule has 4 nitrogen and oxygen atoms in total. The van der Waals surface area contributed by atoms with Crippen LogP contribution in [0.2, 0.25) is 0 Å². The second-order valence-electron chi connectivity index (χ2n) is 3.80. The van der Waals surface area contributed by atoms with E-state index in [0.29, 0.717) is 12.5 Å². The molecule has 0 aromatic carbocycles. The van der Waals surface area contributed by atoms with Gasteiger partial charge in [0.2, 0.25) is 0 Å². The van der Waals surface area contributed by atoms with E-state index >= 15 is 0 Å². The van der Waals surface area contributed by atoms with Gasteiger partial charge in [0.25, 0.3) is 0 Å². The highest BCUT2D eigenvalue weighted by molar-refractivity contribution is 5.33. The van der Waals surface area contributed by atoms with Crippen molar-refractivity contribution in [1.82, 2.24) is 9.97 Å². The third-order valence-electron chi connectivity index (χ3n) is 2.20. The molecule has 0 saturated heterocycles. The number of aliphatic hydroxyl groups excluding tert-OH is 1. The summed E-state index contributed by atoms with van der Waals surface area (Å²) in [6.45, 7) is 2.27. The van der Waals surface area contributed by atoms with Gasteiger partial charge in [0.05, 0.1) is 6.10 Å². The maximum Gasteiger partial charge on any atom is 0.133 e. The zero-order valence-corrected chi connectivity index (χ0v) is 8.27. The number of nitrogens with zero attached hydrogens (tertiary/aromatic N) is 2. The third-order valence-corrected chi connectivity index (χ3v) is 2.20. The Hall–Kier alpha value is -1.16. The Balaban J connectivity index is 1.99. The quantitative estimate of drug-likeness (QED) is 0.753. The van der Waals surface area contributed by atoms with E-state index in [4.69, 9.17) is 5.11 Å². The molecule has 0 spiro atoms. The van der Waals surface area contributed by atoms with Crippen LogP contribution in [-0.4, -0.2) is 27.7 Å². The van der Waals surface area contributed by atoms with Crippen LogP contribution in [0.25, 0.3) is 0 Å². The number of nitrogens with one attached hydrogen (secondary N) is 1. The molecule has 1 atom stereocenters. The minimum atomic E-state index is -0.352. The fraction of sp³-hybridized carbons (Fsp3) is 0.600. The molecule has 2 rings (SSSR count). The molecule has 1 aliphatic carbocycles. The number of rotatable bonds is 4. The Morgan fingerprint density at radius 1 is 1.64 bits per heavy atom. The summed E-state index contributed by atoms with van der Waals surface area (Å²) < 4.78 is 0. The molecular formula is C10H15N3O. The maximum atomic E-state index is 9.10. The molecule has 0 bridgehead atoms. The van der Waals surface area contributed by atoms with Gasteiger partial charge in [-0.25, -0.2) is 9.97 Å². The van der Waals surface area contributed by atoms with Crippen molar-refractivity contribution < 1.29 is 5.11 Å². The average Bonchev–Trinajstić information content (AvgIpc) is 2.98. The molecule has 76 valence electrons. The minimum Gasteiger partial charge on any atom is -0.392 e. The summed E-state index contributed by atoms with van der Waals surface area (Å²) in [6.07, 6.45) is 3.83. The van der Waals surface area contributed by atoms with E-state index in [-0.39, 0.29) is 6.10 Å². The van der Waals surface area contributed by atoms with Crippen molar-refractivity contribution in [2.24, 2.45) is 0 Å². The topological polar surface area (TPSA) is 58.0 Å². The summed E-state index contributed by atoms with van der Waals surface area (Å²) in [5.41, 5.74) is 0. The molecule has 1 saturated carbocycles. The molecule has 1 fully saturated rings. The molecule has 1 aromatic heterocycles. The van der Waals surface area contributed by atoms with Gasteiger partial charge in [-0.2, -0.15) is 0 Å². The van der Waals surface area contributed by atoms with Gasteiger partial charge in [-0.3, -0.25) is 0 Å². The van der Waals surface area contributed by atoms with E-state index in [1.807, 2.05) is 6.07 Å². The molecule has 1 aromatic rings. The normalized spacial score (nSPS) is 17.9. The Kier molecular flexibility index (Phi) is 2.63. The molecule has 0 amide bonds. The molecule has 1 heterocycles. The van der Waals surface area contributed by atoms with Gasteiger partial charge < -0.3 is 10.4 Å². The van der Waals surface area contributed by atoms with Crippen molar-refractivity contribution >= 4 is 5.82 Å². The highest BCUT2D eigenvalue weighted by Gasteiger charge is 2.26. The van der Waals surface area contributed by atoms with Gasteiger partial charge in [0.1, 0.15) is 11.6 Å². The van der Waals surface area contributed by atoms with Crippen LogP contribution in [0.4, 0.5) is 5.82 Å². The molecule has 1 aliphatic rings. The Bertz CT molecular complexity index is 310. The largest absolute Gasteiger partial charge is 0.392 e. The average molecular weight is 193 g/mol. The van der Waals surface area contributed by atoms with Gasteiger partial charge in [0, 0.05) is 18.7 Å². The van der Waals surface area contributed by atoms with E-state index in [2.05, 4.69) is 15.3 Å². The van der Waals surface area contributed by atoms with Crippen molar-refractivity contribution in [1.29, 1.82) is 0 Å². The van der Waals surface area contributed by atoms with Crippen molar-refractivity contribution in [3.63, 3.8) is 0 Å². The van der Waals surface area contributed by atoms with Crippen molar-refractivity contribution in [2.75, 3.05) is 11.9 Å². The van der Waals surface area contributed by atoms with E-state index in [1.54, 1.807) is 13.1 Å². The highest BCUT2D eigenvalue weighted by Crippen LogP contribution is 2.37. The number of aromatic nitrogens is 2. The van der Waals surface area contributed by atoms with E-state index in [0.717, 1.165) is 11.6 Å². The third kappa shape index (κ3) is 2.42. The van der Waals surface area contributed by atoms with Crippen LogP contribution in [-0.2, 0) is 0 Å². The second kappa shape index (κ2) is 3.92. The molecule has 2 N–H and O–H groups in total. The number of anilines is 1. The first-order valence-electron chi connectivity index (χ1n) is 5.00. The first kappa shape index (κ1) is 9.40. The predicted molar refractivity (Wildman–Crippen MR) is 54.2 cm³/mol. The Morgan fingerprint density at radius 3 is 3.07 bits per heavy atom. The van der Waals surface area contributed by atoms with Gasteiger partial charge >= 0.3 is 0 Å². The molecular weight excluding hydrogens is 178 g/mol. The summed E-state index contributed by atoms with van der Waals surface area (Å²) >= 11 is 0. The lowest BCUT2D eigenvalue weighted by atomic mass is 10.3. The predicted octanol–water partition coefficient (Wildman–Crippen LogP) is 1.15. The number of hydrogen-bond acceptors (Lipinski definition) is 4. The zero-order chi connectivity index (χ0) is 9.97. The van der Waals surface area contributed by atoms with Crippen LogP contribution in [0.5, 0.6) is 0 Å². The fourth-order valence-corrected chi connectivity index (χ4v) is 1.26. The van der Waals surface area contributed by atoms with Crippen molar-refractivity contribution in [3.8, 4) is 0 Å². The smallest absolute Gasteiger partial charge is 0.133 e. The lowest BCUT2D eigenvalue weighted by Gasteiger charge is -2.07. The SMILES string of the molecule is C[C@@H](O)CNc1ccnc(C2CC2)n1. The summed E-state index contributed by atoms with van der Waals surface area (Å²) in [5.74, 6) is 2.31. The summed E-state index contributed by atoms with van der Waals surface area (Å²) in [6, 6.07) is 1.83. The molecule has 0 unspecified atom stereocenters. The van der Waals surface area contributed by atoms with Gasteiger partial charge in [-0.05, 0) is 25.8 Å². The van der Waals surface area contributed by atoms with Gasteiger partial charge in [-0.15, -0.1) is 0 Å². The van der Waals surface area contributed by atoms with Crippen LogP contribution in [0.3, 0.4) is 0 Å². The van der Waals surface area contributed by atoms with Crippen LogP contribution in [0, 0.1) is 0 Å².